The normalized spacial score (nSPS) is 18.4. The number of rotatable bonds is 6. The summed E-state index contributed by atoms with van der Waals surface area (Å²) in [6.45, 7) is 6.68. The van der Waals surface area contributed by atoms with Crippen molar-refractivity contribution in [2.24, 2.45) is 5.92 Å². The lowest BCUT2D eigenvalue weighted by Gasteiger charge is -2.30. The standard InChI is InChI=1S/C19H27N5O3.ClH/c1-12(2)16(21-18(25)13-5-7-14(26-4)8-6-13)19-22-17(23-27-19)15-11-20-9-10-24(15)3;/h5-8,12,15-16,20H,9-11H2,1-4H3,(H,21,25);1H. The largest absolute Gasteiger partial charge is 0.497 e. The Bertz CT molecular complexity index is 765. The highest BCUT2D eigenvalue weighted by atomic mass is 35.5. The molecule has 0 saturated carbocycles. The van der Waals surface area contributed by atoms with Gasteiger partial charge in [-0.05, 0) is 37.2 Å². The minimum absolute atomic E-state index is 0. The van der Waals surface area contributed by atoms with Gasteiger partial charge in [0.15, 0.2) is 5.82 Å². The number of benzene rings is 1. The number of carbonyl (C=O) groups excluding carboxylic acids is 1. The van der Waals surface area contributed by atoms with Crippen molar-refractivity contribution in [1.29, 1.82) is 0 Å². The van der Waals surface area contributed by atoms with E-state index in [0.717, 1.165) is 19.6 Å². The lowest BCUT2D eigenvalue weighted by atomic mass is 10.0. The molecule has 1 aliphatic heterocycles. The van der Waals surface area contributed by atoms with E-state index >= 15 is 0 Å². The number of nitrogens with zero attached hydrogens (tertiary/aromatic N) is 3. The second-order valence-electron chi connectivity index (χ2n) is 7.11. The molecule has 28 heavy (non-hydrogen) atoms. The van der Waals surface area contributed by atoms with Crippen LogP contribution in [0.1, 0.15) is 48.0 Å². The van der Waals surface area contributed by atoms with Crippen molar-refractivity contribution in [2.45, 2.75) is 25.9 Å². The van der Waals surface area contributed by atoms with Crippen LogP contribution in [0.3, 0.4) is 0 Å². The fraction of sp³-hybridized carbons (Fsp3) is 0.526. The third kappa shape index (κ3) is 5.01. The molecule has 2 N–H and O–H groups in total. The zero-order valence-corrected chi connectivity index (χ0v) is 17.5. The number of likely N-dealkylation sites (N-methyl/N-ethyl adjacent to an activating group) is 1. The van der Waals surface area contributed by atoms with E-state index in [-0.39, 0.29) is 36.3 Å². The fourth-order valence-electron chi connectivity index (χ4n) is 3.08. The molecule has 3 rings (SSSR count). The minimum Gasteiger partial charge on any atom is -0.497 e. The highest BCUT2D eigenvalue weighted by Gasteiger charge is 2.29. The average molecular weight is 410 g/mol. The van der Waals surface area contributed by atoms with Crippen molar-refractivity contribution < 1.29 is 14.1 Å². The van der Waals surface area contributed by atoms with Gasteiger partial charge in [-0.2, -0.15) is 4.98 Å². The van der Waals surface area contributed by atoms with Crippen LogP contribution in [0.15, 0.2) is 28.8 Å². The first-order valence-corrected chi connectivity index (χ1v) is 9.19. The number of ether oxygens (including phenoxy) is 1. The molecule has 2 heterocycles. The predicted octanol–water partition coefficient (Wildman–Crippen LogP) is 2.20. The van der Waals surface area contributed by atoms with Crippen molar-refractivity contribution in [3.05, 3.63) is 41.5 Å². The lowest BCUT2D eigenvalue weighted by Crippen LogP contribution is -2.44. The summed E-state index contributed by atoms with van der Waals surface area (Å²) in [7, 11) is 3.64. The maximum Gasteiger partial charge on any atom is 0.251 e. The van der Waals surface area contributed by atoms with Crippen LogP contribution in [0, 0.1) is 5.92 Å². The van der Waals surface area contributed by atoms with Crippen molar-refractivity contribution >= 4 is 18.3 Å². The second kappa shape index (κ2) is 9.86. The molecule has 154 valence electrons. The van der Waals surface area contributed by atoms with Gasteiger partial charge in [0.05, 0.1) is 13.2 Å². The van der Waals surface area contributed by atoms with Gasteiger partial charge in [0, 0.05) is 25.2 Å². The third-order valence-electron chi connectivity index (χ3n) is 4.84. The van der Waals surface area contributed by atoms with E-state index in [1.807, 2.05) is 20.9 Å². The Morgan fingerprint density at radius 1 is 1.36 bits per heavy atom. The summed E-state index contributed by atoms with van der Waals surface area (Å²) >= 11 is 0. The molecule has 0 radical (unpaired) electrons. The van der Waals surface area contributed by atoms with Gasteiger partial charge in [-0.25, -0.2) is 0 Å². The van der Waals surface area contributed by atoms with Crippen LogP contribution in [-0.2, 0) is 0 Å². The maximum absolute atomic E-state index is 12.6. The molecule has 2 unspecified atom stereocenters. The lowest BCUT2D eigenvalue weighted by molar-refractivity contribution is 0.0914. The summed E-state index contributed by atoms with van der Waals surface area (Å²) in [6.07, 6.45) is 0. The number of hydrogen-bond acceptors (Lipinski definition) is 7. The molecule has 1 amide bonds. The van der Waals surface area contributed by atoms with Gasteiger partial charge in [-0.1, -0.05) is 19.0 Å². The molecular weight excluding hydrogens is 382 g/mol. The second-order valence-corrected chi connectivity index (χ2v) is 7.11. The van der Waals surface area contributed by atoms with E-state index in [1.165, 1.54) is 0 Å². The molecule has 1 aromatic carbocycles. The monoisotopic (exact) mass is 409 g/mol. The quantitative estimate of drug-likeness (QED) is 0.755. The molecule has 1 aliphatic rings. The SMILES string of the molecule is COc1ccc(C(=O)NC(c2nc(C3CNCCN3C)no2)C(C)C)cc1.Cl. The predicted molar refractivity (Wildman–Crippen MR) is 108 cm³/mol. The van der Waals surface area contributed by atoms with E-state index in [1.54, 1.807) is 31.4 Å². The first kappa shape index (κ1) is 22.1. The van der Waals surface area contributed by atoms with Crippen LogP contribution in [0.2, 0.25) is 0 Å². The molecule has 2 aromatic rings. The number of piperazine rings is 1. The first-order valence-electron chi connectivity index (χ1n) is 9.19. The Morgan fingerprint density at radius 2 is 2.07 bits per heavy atom. The van der Waals surface area contributed by atoms with Crippen LogP contribution in [0.25, 0.3) is 0 Å². The molecule has 9 heteroatoms. The molecule has 0 spiro atoms. The smallest absolute Gasteiger partial charge is 0.251 e. The number of nitrogens with one attached hydrogen (secondary N) is 2. The fourth-order valence-corrected chi connectivity index (χ4v) is 3.08. The molecule has 8 nitrogen and oxygen atoms in total. The number of methoxy groups -OCH3 is 1. The van der Waals surface area contributed by atoms with Crippen molar-refractivity contribution in [1.82, 2.24) is 25.7 Å². The van der Waals surface area contributed by atoms with E-state index in [2.05, 4.69) is 25.7 Å². The Balaban J connectivity index is 0.00000280. The van der Waals surface area contributed by atoms with Crippen LogP contribution in [-0.4, -0.2) is 54.7 Å². The summed E-state index contributed by atoms with van der Waals surface area (Å²) in [4.78, 5) is 19.4. The molecular formula is C19H28ClN5O3. The van der Waals surface area contributed by atoms with E-state index < -0.39 is 0 Å². The zero-order valence-electron chi connectivity index (χ0n) is 16.6. The van der Waals surface area contributed by atoms with Gasteiger partial charge in [0.2, 0.25) is 5.89 Å². The number of halogens is 1. The Hall–Kier alpha value is -2.16. The summed E-state index contributed by atoms with van der Waals surface area (Å²) in [6, 6.07) is 6.69. The molecule has 1 aromatic heterocycles. The van der Waals surface area contributed by atoms with Crippen molar-refractivity contribution in [2.75, 3.05) is 33.8 Å². The van der Waals surface area contributed by atoms with Crippen molar-refractivity contribution in [3.63, 3.8) is 0 Å². The van der Waals surface area contributed by atoms with Gasteiger partial charge < -0.3 is 19.9 Å². The molecule has 1 saturated heterocycles. The molecule has 0 aliphatic carbocycles. The first-order chi connectivity index (χ1) is 13.0. The van der Waals surface area contributed by atoms with Crippen LogP contribution < -0.4 is 15.4 Å². The zero-order chi connectivity index (χ0) is 19.4. The Labute approximate surface area is 171 Å². The number of aromatic nitrogens is 2. The van der Waals surface area contributed by atoms with Crippen LogP contribution in [0.5, 0.6) is 5.75 Å². The Kier molecular flexibility index (Phi) is 7.79. The average Bonchev–Trinajstić information content (AvgIpc) is 3.15. The van der Waals surface area contributed by atoms with Crippen molar-refractivity contribution in [3.8, 4) is 5.75 Å². The van der Waals surface area contributed by atoms with E-state index in [4.69, 9.17) is 9.26 Å². The molecule has 2 atom stereocenters. The number of carbonyl (C=O) groups is 1. The third-order valence-corrected chi connectivity index (χ3v) is 4.84. The highest BCUT2D eigenvalue weighted by Crippen LogP contribution is 2.24. The molecule has 0 bridgehead atoms. The van der Waals surface area contributed by atoms with Gasteiger partial charge in [-0.3, -0.25) is 9.69 Å². The van der Waals surface area contributed by atoms with Gasteiger partial charge in [-0.15, -0.1) is 12.4 Å². The van der Waals surface area contributed by atoms with E-state index in [9.17, 15) is 4.79 Å². The van der Waals surface area contributed by atoms with E-state index in [0.29, 0.717) is 23.0 Å². The minimum atomic E-state index is -0.359. The van der Waals surface area contributed by atoms with Gasteiger partial charge >= 0.3 is 0 Å². The topological polar surface area (TPSA) is 92.5 Å². The van der Waals surface area contributed by atoms with Gasteiger partial charge in [0.1, 0.15) is 11.8 Å². The summed E-state index contributed by atoms with van der Waals surface area (Å²) in [5.41, 5.74) is 0.553. The highest BCUT2D eigenvalue weighted by molar-refractivity contribution is 5.94. The molecule has 1 fully saturated rings. The van der Waals surface area contributed by atoms with Crippen LogP contribution in [0.4, 0.5) is 0 Å². The number of hydrogen-bond donors (Lipinski definition) is 2. The maximum atomic E-state index is 12.6. The van der Waals surface area contributed by atoms with Crippen LogP contribution >= 0.6 is 12.4 Å². The Morgan fingerprint density at radius 3 is 2.68 bits per heavy atom. The summed E-state index contributed by atoms with van der Waals surface area (Å²) in [5, 5.41) is 10.5. The summed E-state index contributed by atoms with van der Waals surface area (Å²) < 4.78 is 10.6. The number of amides is 1. The summed E-state index contributed by atoms with van der Waals surface area (Å²) in [5.74, 6) is 1.69. The van der Waals surface area contributed by atoms with Gasteiger partial charge in [0.25, 0.3) is 5.91 Å².